The summed E-state index contributed by atoms with van der Waals surface area (Å²) in [4.78, 5) is 0. The summed E-state index contributed by atoms with van der Waals surface area (Å²) in [6, 6.07) is 61.7. The Hall–Kier alpha value is -5.80. The van der Waals surface area contributed by atoms with Crippen molar-refractivity contribution in [3.8, 4) is 0 Å². The Kier molecular flexibility index (Phi) is 28.7. The molecule has 5 saturated heterocycles. The van der Waals surface area contributed by atoms with Crippen LogP contribution in [0.5, 0.6) is 0 Å². The van der Waals surface area contributed by atoms with Crippen LogP contribution in [0.15, 0.2) is 175 Å². The first-order chi connectivity index (χ1) is 63.3. The molecule has 6 aromatic rings. The molecule has 9 fully saturated rings. The first kappa shape index (κ1) is 90.0. The van der Waals surface area contributed by atoms with E-state index in [1.165, 1.54) is 61.2 Å². The Morgan fingerprint density at radius 1 is 0.250 bits per heavy atom. The molecule has 16 nitrogen and oxygen atoms in total. The molecule has 128 heavy (non-hydrogen) atoms. The highest BCUT2D eigenvalue weighted by molar-refractivity contribution is 5.60. The number of rotatable bonds is 37. The van der Waals surface area contributed by atoms with Crippen molar-refractivity contribution in [1.82, 2.24) is 42.5 Å². The number of benzene rings is 6. The summed E-state index contributed by atoms with van der Waals surface area (Å²) in [6.07, 6.45) is 18.5. The number of fused-ring (bicyclic) bond motifs is 20. The SMILES string of the molecule is CCCCOC1C(CC)C(c2ccccc2)C(OCCCC)C2C3NC(NC4NC(NC5NC(NC6NC(N3)C3C(OCCCC)C(c7ccccc7)C(CC7=C=CCC7)C(OCCCC)C63)C3C(OCCCC)C6C7c8ccccc8C(c8ccccc87)C6C(OCCCC)C53)C3C(OCCCC)C5C6c7ccccc7C(c7ccccc76)C5C(OCCCC)C43)C12. The van der Waals surface area contributed by atoms with Crippen molar-refractivity contribution in [1.29, 1.82) is 0 Å². The molecule has 0 aromatic heterocycles. The van der Waals surface area contributed by atoms with Gasteiger partial charge in [0, 0.05) is 159 Å². The zero-order chi connectivity index (χ0) is 87.0. The van der Waals surface area contributed by atoms with Gasteiger partial charge in [0.25, 0.3) is 0 Å². The molecule has 6 aromatic carbocycles. The van der Waals surface area contributed by atoms with E-state index in [-0.39, 0.29) is 217 Å². The highest BCUT2D eigenvalue weighted by Crippen LogP contribution is 2.69. The second kappa shape index (κ2) is 40.8. The van der Waals surface area contributed by atoms with Crippen LogP contribution in [-0.2, 0) is 37.9 Å². The van der Waals surface area contributed by atoms with Gasteiger partial charge in [-0.2, -0.15) is 0 Å². The molecule has 4 saturated carbocycles. The van der Waals surface area contributed by atoms with E-state index in [2.05, 4.69) is 232 Å². The van der Waals surface area contributed by atoms with Gasteiger partial charge in [-0.15, -0.1) is 5.73 Å². The predicted octanol–water partition coefficient (Wildman–Crippen LogP) is 19.4. The van der Waals surface area contributed by atoms with Crippen LogP contribution in [-0.4, -0.2) is 151 Å². The highest BCUT2D eigenvalue weighted by atomic mass is 16.5. The molecule has 22 rings (SSSR count). The van der Waals surface area contributed by atoms with Crippen LogP contribution >= 0.6 is 0 Å². The van der Waals surface area contributed by atoms with Gasteiger partial charge in [-0.1, -0.05) is 278 Å². The Morgan fingerprint density at radius 2 is 0.469 bits per heavy atom. The van der Waals surface area contributed by atoms with Gasteiger partial charge in [0.05, 0.1) is 98.2 Å². The summed E-state index contributed by atoms with van der Waals surface area (Å²) >= 11 is 0. The zero-order valence-corrected chi connectivity index (χ0v) is 78.4. The Morgan fingerprint density at radius 3 is 0.711 bits per heavy atom. The number of nitrogens with one attached hydrogen (secondary N) is 8. The van der Waals surface area contributed by atoms with Crippen LogP contribution in [0, 0.1) is 82.9 Å². The Balaban J connectivity index is 0.836. The van der Waals surface area contributed by atoms with E-state index in [0.717, 1.165) is 128 Å². The van der Waals surface area contributed by atoms with Gasteiger partial charge in [0.15, 0.2) is 0 Å². The topological polar surface area (TPSA) is 170 Å². The zero-order valence-electron chi connectivity index (χ0n) is 78.4. The fourth-order valence-corrected chi connectivity index (χ4v) is 29.5. The third-order valence-corrected chi connectivity index (χ3v) is 34.5. The Labute approximate surface area is 766 Å². The van der Waals surface area contributed by atoms with Gasteiger partial charge in [-0.25, -0.2) is 0 Å². The molecule has 5 aliphatic heterocycles. The van der Waals surface area contributed by atoms with Gasteiger partial charge in [-0.3, -0.25) is 42.5 Å². The predicted molar refractivity (Wildman–Crippen MR) is 509 cm³/mol. The first-order valence-corrected chi connectivity index (χ1v) is 52.2. The third kappa shape index (κ3) is 16.3. The average molecular weight is 1740 g/mol. The van der Waals surface area contributed by atoms with E-state index in [4.69, 9.17) is 80.4 Å². The van der Waals surface area contributed by atoms with Crippen molar-refractivity contribution in [2.24, 2.45) is 82.9 Å². The second-order valence-corrected chi connectivity index (χ2v) is 41.3. The van der Waals surface area contributed by atoms with E-state index in [1.807, 2.05) is 0 Å². The average Bonchev–Trinajstić information content (AvgIpc) is 1.16. The van der Waals surface area contributed by atoms with Crippen LogP contribution in [0.4, 0.5) is 0 Å². The van der Waals surface area contributed by atoms with Crippen molar-refractivity contribution < 1.29 is 37.9 Å². The quantitative estimate of drug-likeness (QED) is 0.0137. The van der Waals surface area contributed by atoms with E-state index < -0.39 is 0 Å². The van der Waals surface area contributed by atoms with Gasteiger partial charge in [-0.05, 0) is 150 Å². The molecule has 12 bridgehead atoms. The maximum atomic E-state index is 8.24. The lowest BCUT2D eigenvalue weighted by atomic mass is 9.46. The molecule has 16 heteroatoms. The minimum absolute atomic E-state index is 0.00613. The van der Waals surface area contributed by atoms with Gasteiger partial charge in [0.1, 0.15) is 0 Å². The van der Waals surface area contributed by atoms with Crippen LogP contribution in [0.1, 0.15) is 282 Å². The number of ether oxygens (including phenoxy) is 8. The van der Waals surface area contributed by atoms with Crippen molar-refractivity contribution in [2.45, 2.75) is 324 Å². The number of unbranched alkanes of at least 4 members (excludes halogenated alkanes) is 8. The monoisotopic (exact) mass is 1740 g/mol. The minimum atomic E-state index is -0.303. The van der Waals surface area contributed by atoms with Gasteiger partial charge in [0.2, 0.25) is 0 Å². The van der Waals surface area contributed by atoms with Crippen molar-refractivity contribution >= 4 is 0 Å². The molecule has 5 heterocycles. The summed E-state index contributed by atoms with van der Waals surface area (Å²) in [5.41, 5.74) is 19.7. The Bertz CT molecular complexity index is 4590. The number of hydrogen-bond donors (Lipinski definition) is 8. The van der Waals surface area contributed by atoms with Crippen molar-refractivity contribution in [2.75, 3.05) is 52.9 Å². The highest BCUT2D eigenvalue weighted by Gasteiger charge is 2.73. The van der Waals surface area contributed by atoms with Gasteiger partial charge >= 0.3 is 0 Å². The maximum absolute atomic E-state index is 8.24. The lowest BCUT2D eigenvalue weighted by molar-refractivity contribution is -0.181. The van der Waals surface area contributed by atoms with Crippen LogP contribution < -0.4 is 42.5 Å². The molecule has 690 valence electrons. The molecule has 0 radical (unpaired) electrons. The molecule has 32 unspecified atom stereocenters. The molecule has 0 spiro atoms. The number of allylic oxidation sites excluding steroid dienone is 1. The first-order valence-electron chi connectivity index (χ1n) is 52.2. The van der Waals surface area contributed by atoms with E-state index in [0.29, 0.717) is 52.9 Å². The molecular formula is C112H154N8O8. The smallest absolute Gasteiger partial charge is 0.0707 e. The number of hydrogen-bond acceptors (Lipinski definition) is 16. The summed E-state index contributed by atoms with van der Waals surface area (Å²) in [7, 11) is 0. The van der Waals surface area contributed by atoms with Gasteiger partial charge < -0.3 is 37.9 Å². The third-order valence-electron chi connectivity index (χ3n) is 34.5. The molecule has 11 aliphatic carbocycles. The molecular weight excluding hydrogens is 1590 g/mol. The van der Waals surface area contributed by atoms with Crippen LogP contribution in [0.3, 0.4) is 0 Å². The largest absolute Gasteiger partial charge is 0.377 e. The summed E-state index contributed by atoms with van der Waals surface area (Å²) < 4.78 is 65.2. The lowest BCUT2D eigenvalue weighted by Gasteiger charge is -2.61. The lowest BCUT2D eigenvalue weighted by Crippen LogP contribution is -2.66. The summed E-state index contributed by atoms with van der Waals surface area (Å²) in [5, 5.41) is 38.8. The van der Waals surface area contributed by atoms with E-state index in [9.17, 15) is 0 Å². The molecule has 32 atom stereocenters. The summed E-state index contributed by atoms with van der Waals surface area (Å²) in [6.45, 7) is 26.6. The van der Waals surface area contributed by atoms with E-state index in [1.54, 1.807) is 0 Å². The van der Waals surface area contributed by atoms with Crippen LogP contribution in [0.2, 0.25) is 0 Å². The van der Waals surface area contributed by atoms with Crippen molar-refractivity contribution in [3.05, 3.63) is 231 Å². The normalized spacial score (nSPS) is 39.1. The van der Waals surface area contributed by atoms with Crippen LogP contribution in [0.25, 0.3) is 0 Å². The fraction of sp³-hybridized carbons (Fsp3) is 0.652. The maximum Gasteiger partial charge on any atom is 0.0707 e. The minimum Gasteiger partial charge on any atom is -0.377 e. The second-order valence-electron chi connectivity index (χ2n) is 41.3. The van der Waals surface area contributed by atoms with E-state index >= 15 is 0 Å². The standard InChI is InChI=1S/C112H154N8O8/c1-10-19-57-121-97-69(18-9)79(67-45-29-27-30-46-67)99(123-59-21-12-3)91-89(97)105-113-107(91)117-108-92-90(98(122-58-20-11-2)78(65-66-43-33-34-44-66)80(68-47-31-28-32-48-68)100(92)124-60-22-13-4)106(115-108)116-110-94-96(104(128-64-26-17-8)88-84-76-55-41-37-51-72(76)82(73-52-38-42-56-77(73)84)86(88)102(94)126-62-24-15-6)112(119-110)120-111-95-93(109(114-105)118-111)101(125-61-23-14-5)85-81-70-49-35-39-53-74(70)83(75-54-40-36-50-71(75)81)87(85)103(95)127-63-25-16-7/h27-33,35-42,45-56,69,78-120H,10-26,34,44,57-65H2,1-9H3. The summed E-state index contributed by atoms with van der Waals surface area (Å²) in [5.74, 6) is 0.410. The van der Waals surface area contributed by atoms with Crippen molar-refractivity contribution in [3.63, 3.8) is 0 Å². The molecule has 16 aliphatic rings. The fourth-order valence-electron chi connectivity index (χ4n) is 29.5. The molecule has 8 N–H and O–H groups in total. The molecule has 0 amide bonds.